The lowest BCUT2D eigenvalue weighted by molar-refractivity contribution is 0.0955. The van der Waals surface area contributed by atoms with E-state index >= 15 is 0 Å². The number of benzene rings is 1. The average Bonchev–Trinajstić information content (AvgIpc) is 3.11. The van der Waals surface area contributed by atoms with Crippen molar-refractivity contribution < 1.29 is 4.79 Å². The Morgan fingerprint density at radius 2 is 2.00 bits per heavy atom. The van der Waals surface area contributed by atoms with Crippen LogP contribution in [0.2, 0.25) is 0 Å². The maximum absolute atomic E-state index is 12.6. The van der Waals surface area contributed by atoms with Gasteiger partial charge >= 0.3 is 0 Å². The van der Waals surface area contributed by atoms with Gasteiger partial charge in [0.25, 0.3) is 11.5 Å². The molecule has 1 aromatic carbocycles. The molecule has 3 aromatic rings. The van der Waals surface area contributed by atoms with Gasteiger partial charge in [-0.2, -0.15) is 5.10 Å². The van der Waals surface area contributed by atoms with Gasteiger partial charge < -0.3 is 5.32 Å². The fourth-order valence-corrected chi connectivity index (χ4v) is 4.42. The van der Waals surface area contributed by atoms with Crippen LogP contribution in [-0.2, 0) is 19.4 Å². The average molecular weight is 395 g/mol. The summed E-state index contributed by atoms with van der Waals surface area (Å²) in [6.07, 6.45) is 4.09. The molecule has 28 heavy (non-hydrogen) atoms. The van der Waals surface area contributed by atoms with Crippen LogP contribution in [0.5, 0.6) is 0 Å². The Hall–Kier alpha value is -2.80. The predicted molar refractivity (Wildman–Crippen MR) is 110 cm³/mol. The summed E-state index contributed by atoms with van der Waals surface area (Å²) in [7, 11) is 0. The van der Waals surface area contributed by atoms with Crippen molar-refractivity contribution in [2.75, 3.05) is 6.54 Å². The molecule has 2 heterocycles. The number of amides is 1. The number of aryl methyl sites for hydroxylation is 3. The zero-order valence-corrected chi connectivity index (χ0v) is 16.6. The molecule has 1 aliphatic rings. The maximum atomic E-state index is 12.6. The molecule has 1 aliphatic carbocycles. The van der Waals surface area contributed by atoms with Gasteiger partial charge in [-0.15, -0.1) is 11.3 Å². The molecule has 144 valence electrons. The first-order chi connectivity index (χ1) is 13.6. The maximum Gasteiger partial charge on any atom is 0.267 e. The van der Waals surface area contributed by atoms with E-state index < -0.39 is 0 Å². The highest BCUT2D eigenvalue weighted by molar-refractivity contribution is 7.17. The number of fused-ring (bicyclic) bond motifs is 1. The summed E-state index contributed by atoms with van der Waals surface area (Å²) < 4.78 is 1.46. The molecule has 4 rings (SSSR count). The molecule has 7 heteroatoms. The van der Waals surface area contributed by atoms with E-state index in [1.807, 2.05) is 37.3 Å². The van der Waals surface area contributed by atoms with Crippen LogP contribution >= 0.6 is 11.3 Å². The molecule has 0 saturated carbocycles. The van der Waals surface area contributed by atoms with Gasteiger partial charge in [0.05, 0.1) is 17.9 Å². The Kier molecular flexibility index (Phi) is 5.34. The Labute approximate surface area is 167 Å². The molecule has 1 amide bonds. The first-order valence-corrected chi connectivity index (χ1v) is 10.3. The number of nitrogens with one attached hydrogen (secondary N) is 1. The van der Waals surface area contributed by atoms with Crippen LogP contribution in [0, 0.1) is 6.92 Å². The number of aromatic nitrogens is 3. The smallest absolute Gasteiger partial charge is 0.267 e. The van der Waals surface area contributed by atoms with Crippen molar-refractivity contribution in [1.82, 2.24) is 20.1 Å². The van der Waals surface area contributed by atoms with Crippen LogP contribution in [0.3, 0.4) is 0 Å². The normalized spacial score (nSPS) is 13.2. The number of carbonyl (C=O) groups is 1. The number of hydrogen-bond donors (Lipinski definition) is 1. The van der Waals surface area contributed by atoms with Crippen LogP contribution in [0.25, 0.3) is 10.6 Å². The van der Waals surface area contributed by atoms with E-state index in [2.05, 4.69) is 15.4 Å². The van der Waals surface area contributed by atoms with Crippen LogP contribution < -0.4 is 10.9 Å². The lowest BCUT2D eigenvalue weighted by Gasteiger charge is -2.15. The Balaban J connectivity index is 1.41. The number of nitrogens with zero attached hydrogens (tertiary/aromatic N) is 3. The largest absolute Gasteiger partial charge is 0.349 e. The van der Waals surface area contributed by atoms with Crippen LogP contribution in [0.1, 0.15) is 39.5 Å². The molecule has 0 saturated heterocycles. The third-order valence-corrected chi connectivity index (χ3v) is 6.11. The first kappa shape index (κ1) is 18.6. The molecule has 0 spiro atoms. The number of carbonyl (C=O) groups excluding carboxylic acids is 1. The summed E-state index contributed by atoms with van der Waals surface area (Å²) in [6, 6.07) is 11.5. The lowest BCUT2D eigenvalue weighted by atomic mass is 9.97. The lowest BCUT2D eigenvalue weighted by Crippen LogP contribution is -2.33. The summed E-state index contributed by atoms with van der Waals surface area (Å²) in [5.41, 5.74) is 3.70. The summed E-state index contributed by atoms with van der Waals surface area (Å²) in [5, 5.41) is 8.21. The minimum absolute atomic E-state index is 0.102. The van der Waals surface area contributed by atoms with E-state index in [9.17, 15) is 9.59 Å². The molecule has 1 N–H and O–H groups in total. The van der Waals surface area contributed by atoms with Crippen molar-refractivity contribution in [3.05, 3.63) is 68.6 Å². The Morgan fingerprint density at radius 1 is 1.21 bits per heavy atom. The monoisotopic (exact) mass is 394 g/mol. The highest BCUT2D eigenvalue weighted by Crippen LogP contribution is 2.27. The highest BCUT2D eigenvalue weighted by Gasteiger charge is 2.17. The second-order valence-corrected chi connectivity index (χ2v) is 7.94. The van der Waals surface area contributed by atoms with E-state index in [4.69, 9.17) is 0 Å². The van der Waals surface area contributed by atoms with Crippen molar-refractivity contribution in [3.8, 4) is 10.6 Å². The van der Waals surface area contributed by atoms with Gasteiger partial charge in [-0.25, -0.2) is 9.67 Å². The minimum Gasteiger partial charge on any atom is -0.349 e. The second kappa shape index (κ2) is 8.06. The zero-order valence-electron chi connectivity index (χ0n) is 15.8. The third-order valence-electron chi connectivity index (χ3n) is 4.91. The predicted octanol–water partition coefficient (Wildman–Crippen LogP) is 2.98. The number of rotatable bonds is 5. The van der Waals surface area contributed by atoms with Crippen molar-refractivity contribution in [2.45, 2.75) is 39.2 Å². The van der Waals surface area contributed by atoms with E-state index in [-0.39, 0.29) is 11.5 Å². The molecule has 0 fully saturated rings. The molecular formula is C21H22N4O2S. The fraction of sp³-hybridized carbons (Fsp3) is 0.333. The number of thiazole rings is 1. The molecule has 6 nitrogen and oxygen atoms in total. The topological polar surface area (TPSA) is 76.9 Å². The van der Waals surface area contributed by atoms with E-state index in [0.717, 1.165) is 47.5 Å². The molecule has 0 radical (unpaired) electrons. The Bertz CT molecular complexity index is 1060. The van der Waals surface area contributed by atoms with Gasteiger partial charge in [0, 0.05) is 18.2 Å². The third kappa shape index (κ3) is 3.89. The quantitative estimate of drug-likeness (QED) is 0.722. The van der Waals surface area contributed by atoms with Crippen LogP contribution in [-0.4, -0.2) is 27.2 Å². The molecular weight excluding hydrogens is 372 g/mol. The van der Waals surface area contributed by atoms with E-state index in [1.54, 1.807) is 6.07 Å². The van der Waals surface area contributed by atoms with Gasteiger partial charge in [-0.1, -0.05) is 30.3 Å². The van der Waals surface area contributed by atoms with Crippen LogP contribution in [0.4, 0.5) is 0 Å². The van der Waals surface area contributed by atoms with E-state index in [1.165, 1.54) is 16.0 Å². The summed E-state index contributed by atoms with van der Waals surface area (Å²) in [5.74, 6) is -0.164. The van der Waals surface area contributed by atoms with Gasteiger partial charge in [0.2, 0.25) is 0 Å². The molecule has 0 bridgehead atoms. The SMILES string of the molecule is Cc1nc(-c2ccccc2)sc1C(=O)NCCn1nc2c(cc1=O)CCCC2. The van der Waals surface area contributed by atoms with E-state index in [0.29, 0.717) is 23.7 Å². The summed E-state index contributed by atoms with van der Waals surface area (Å²) in [4.78, 5) is 29.9. The summed E-state index contributed by atoms with van der Waals surface area (Å²) in [6.45, 7) is 2.55. The molecule has 0 aliphatic heterocycles. The van der Waals surface area contributed by atoms with Crippen molar-refractivity contribution in [1.29, 1.82) is 0 Å². The van der Waals surface area contributed by atoms with Crippen molar-refractivity contribution in [2.24, 2.45) is 0 Å². The van der Waals surface area contributed by atoms with Crippen molar-refractivity contribution in [3.63, 3.8) is 0 Å². The standard InChI is InChI=1S/C21H22N4O2S/c1-14-19(28-21(23-14)15-7-3-2-4-8-15)20(27)22-11-12-25-18(26)13-16-9-5-6-10-17(16)24-25/h2-4,7-8,13H,5-6,9-12H2,1H3,(H,22,27). The summed E-state index contributed by atoms with van der Waals surface area (Å²) >= 11 is 1.38. The zero-order chi connectivity index (χ0) is 19.5. The highest BCUT2D eigenvalue weighted by atomic mass is 32.1. The molecule has 0 unspecified atom stereocenters. The fourth-order valence-electron chi connectivity index (χ4n) is 3.43. The minimum atomic E-state index is -0.164. The second-order valence-electron chi connectivity index (χ2n) is 6.94. The van der Waals surface area contributed by atoms with Gasteiger partial charge in [0.1, 0.15) is 9.88 Å². The Morgan fingerprint density at radius 3 is 2.82 bits per heavy atom. The van der Waals surface area contributed by atoms with Crippen LogP contribution in [0.15, 0.2) is 41.2 Å². The molecule has 2 aromatic heterocycles. The van der Waals surface area contributed by atoms with Gasteiger partial charge in [0.15, 0.2) is 0 Å². The van der Waals surface area contributed by atoms with Crippen molar-refractivity contribution >= 4 is 17.2 Å². The number of hydrogen-bond acceptors (Lipinski definition) is 5. The van der Waals surface area contributed by atoms with Gasteiger partial charge in [-0.3, -0.25) is 9.59 Å². The van der Waals surface area contributed by atoms with Gasteiger partial charge in [-0.05, 0) is 38.2 Å². The first-order valence-electron chi connectivity index (χ1n) is 9.53. The molecule has 0 atom stereocenters.